The minimum absolute atomic E-state index is 0.106. The van der Waals surface area contributed by atoms with Gasteiger partial charge >= 0.3 is 0 Å². The predicted molar refractivity (Wildman–Crippen MR) is 88.7 cm³/mol. The van der Waals surface area contributed by atoms with E-state index in [1.807, 2.05) is 25.1 Å². The molecule has 6 nitrogen and oxygen atoms in total. The third kappa shape index (κ3) is 2.23. The number of nitrogens with one attached hydrogen (secondary N) is 1. The molecule has 0 spiro atoms. The molecule has 1 aliphatic rings. The first-order chi connectivity index (χ1) is 11.5. The minimum atomic E-state index is -0.185. The topological polar surface area (TPSA) is 87.6 Å². The Bertz CT molecular complexity index is 952. The van der Waals surface area contributed by atoms with E-state index in [1.54, 1.807) is 0 Å². The van der Waals surface area contributed by atoms with Crippen LogP contribution in [0, 0.1) is 6.92 Å². The highest BCUT2D eigenvalue weighted by Gasteiger charge is 2.21. The standard InChI is InChI=1S/C17H13ClN2O4/c1-8-16(9-2-3-14-15(4-9)24-7-23-14)17(20-19-8)10-5-11(18)13(22)6-12(10)21/h2-6,21-22H,7H2,1H3,(H,19,20). The van der Waals surface area contributed by atoms with E-state index in [0.717, 1.165) is 16.8 Å². The smallest absolute Gasteiger partial charge is 0.231 e. The number of aromatic nitrogens is 2. The van der Waals surface area contributed by atoms with Crippen LogP contribution < -0.4 is 9.47 Å². The molecule has 0 aliphatic carbocycles. The highest BCUT2D eigenvalue weighted by atomic mass is 35.5. The van der Waals surface area contributed by atoms with E-state index < -0.39 is 0 Å². The van der Waals surface area contributed by atoms with Crippen LogP contribution in [0.4, 0.5) is 0 Å². The first kappa shape index (κ1) is 14.7. The molecule has 0 saturated heterocycles. The molecular weight excluding hydrogens is 332 g/mol. The van der Waals surface area contributed by atoms with E-state index in [2.05, 4.69) is 10.2 Å². The van der Waals surface area contributed by atoms with Crippen LogP contribution in [0.15, 0.2) is 30.3 Å². The summed E-state index contributed by atoms with van der Waals surface area (Å²) in [7, 11) is 0. The molecule has 24 heavy (non-hydrogen) atoms. The molecule has 7 heteroatoms. The van der Waals surface area contributed by atoms with E-state index in [-0.39, 0.29) is 23.3 Å². The maximum absolute atomic E-state index is 10.2. The van der Waals surface area contributed by atoms with Gasteiger partial charge in [-0.15, -0.1) is 0 Å². The van der Waals surface area contributed by atoms with Crippen molar-refractivity contribution in [2.75, 3.05) is 6.79 Å². The van der Waals surface area contributed by atoms with Gasteiger partial charge in [0.15, 0.2) is 11.5 Å². The number of aromatic hydroxyl groups is 2. The number of benzene rings is 2. The maximum atomic E-state index is 10.2. The molecule has 0 unspecified atom stereocenters. The van der Waals surface area contributed by atoms with Crippen LogP contribution >= 0.6 is 11.6 Å². The molecule has 0 bridgehead atoms. The first-order valence-corrected chi connectivity index (χ1v) is 7.59. The second-order valence-electron chi connectivity index (χ2n) is 5.46. The summed E-state index contributed by atoms with van der Waals surface area (Å²) in [6, 6.07) is 8.28. The molecule has 0 atom stereocenters. The van der Waals surface area contributed by atoms with Crippen molar-refractivity contribution >= 4 is 11.6 Å². The number of phenols is 2. The fourth-order valence-corrected chi connectivity index (χ4v) is 2.93. The number of hydrogen-bond donors (Lipinski definition) is 3. The SMILES string of the molecule is Cc1[nH]nc(-c2cc(Cl)c(O)cc2O)c1-c1ccc2c(c1)OCO2. The van der Waals surface area contributed by atoms with Crippen molar-refractivity contribution in [3.05, 3.63) is 41.0 Å². The van der Waals surface area contributed by atoms with Gasteiger partial charge in [-0.1, -0.05) is 17.7 Å². The highest BCUT2D eigenvalue weighted by molar-refractivity contribution is 6.32. The van der Waals surface area contributed by atoms with Crippen LogP contribution in [0.5, 0.6) is 23.0 Å². The number of aryl methyl sites for hydroxylation is 1. The largest absolute Gasteiger partial charge is 0.507 e. The first-order valence-electron chi connectivity index (χ1n) is 7.21. The number of aromatic amines is 1. The van der Waals surface area contributed by atoms with Gasteiger partial charge in [-0.05, 0) is 30.7 Å². The van der Waals surface area contributed by atoms with Crippen LogP contribution in [-0.2, 0) is 0 Å². The number of nitrogens with zero attached hydrogens (tertiary/aromatic N) is 1. The van der Waals surface area contributed by atoms with Crippen molar-refractivity contribution in [2.45, 2.75) is 6.92 Å². The monoisotopic (exact) mass is 344 g/mol. The zero-order valence-electron chi connectivity index (χ0n) is 12.6. The highest BCUT2D eigenvalue weighted by Crippen LogP contribution is 2.43. The average molecular weight is 345 g/mol. The van der Waals surface area contributed by atoms with Gasteiger partial charge in [0.05, 0.1) is 5.02 Å². The van der Waals surface area contributed by atoms with Crippen LogP contribution in [0.2, 0.25) is 5.02 Å². The van der Waals surface area contributed by atoms with Crippen LogP contribution in [0.1, 0.15) is 5.69 Å². The second-order valence-corrected chi connectivity index (χ2v) is 5.87. The van der Waals surface area contributed by atoms with E-state index >= 15 is 0 Å². The molecule has 4 rings (SSSR count). The number of hydrogen-bond acceptors (Lipinski definition) is 5. The summed E-state index contributed by atoms with van der Waals surface area (Å²) in [6.07, 6.45) is 0. The lowest BCUT2D eigenvalue weighted by atomic mass is 9.98. The van der Waals surface area contributed by atoms with Gasteiger partial charge in [-0.2, -0.15) is 5.10 Å². The van der Waals surface area contributed by atoms with E-state index in [0.29, 0.717) is 22.8 Å². The Morgan fingerprint density at radius 1 is 1.08 bits per heavy atom. The van der Waals surface area contributed by atoms with Crippen molar-refractivity contribution in [3.8, 4) is 45.4 Å². The summed E-state index contributed by atoms with van der Waals surface area (Å²) in [5, 5.41) is 27.2. The fourth-order valence-electron chi connectivity index (χ4n) is 2.77. The minimum Gasteiger partial charge on any atom is -0.507 e. The average Bonchev–Trinajstić information content (AvgIpc) is 3.16. The number of rotatable bonds is 2. The number of ether oxygens (including phenoxy) is 2. The Labute approximate surface area is 142 Å². The van der Waals surface area contributed by atoms with Gasteiger partial charge in [0.25, 0.3) is 0 Å². The van der Waals surface area contributed by atoms with Crippen molar-refractivity contribution in [2.24, 2.45) is 0 Å². The Morgan fingerprint density at radius 2 is 1.88 bits per heavy atom. The summed E-state index contributed by atoms with van der Waals surface area (Å²) in [5.41, 5.74) is 3.46. The maximum Gasteiger partial charge on any atom is 0.231 e. The normalized spacial score (nSPS) is 12.6. The van der Waals surface area contributed by atoms with Crippen molar-refractivity contribution in [1.29, 1.82) is 0 Å². The summed E-state index contributed by atoms with van der Waals surface area (Å²) < 4.78 is 10.8. The molecule has 0 amide bonds. The number of phenolic OH excluding ortho intramolecular Hbond substituents is 2. The molecule has 1 aromatic heterocycles. The van der Waals surface area contributed by atoms with Gasteiger partial charge in [0.1, 0.15) is 17.2 Å². The molecule has 3 aromatic rings. The molecular formula is C17H13ClN2O4. The Balaban J connectivity index is 1.90. The predicted octanol–water partition coefficient (Wildman–Crippen LogP) is 3.85. The van der Waals surface area contributed by atoms with Crippen LogP contribution in [0.3, 0.4) is 0 Å². The zero-order valence-corrected chi connectivity index (χ0v) is 13.4. The van der Waals surface area contributed by atoms with Gasteiger partial charge in [0, 0.05) is 22.9 Å². The van der Waals surface area contributed by atoms with Gasteiger partial charge in [-0.25, -0.2) is 0 Å². The van der Waals surface area contributed by atoms with Crippen LogP contribution in [-0.4, -0.2) is 27.2 Å². The third-order valence-electron chi connectivity index (χ3n) is 3.93. The summed E-state index contributed by atoms with van der Waals surface area (Å²) in [6.45, 7) is 2.08. The van der Waals surface area contributed by atoms with Gasteiger partial charge in [0.2, 0.25) is 6.79 Å². The quantitative estimate of drug-likeness (QED) is 0.657. The van der Waals surface area contributed by atoms with Crippen LogP contribution in [0.25, 0.3) is 22.4 Å². The van der Waals surface area contributed by atoms with E-state index in [1.165, 1.54) is 12.1 Å². The van der Waals surface area contributed by atoms with Crippen molar-refractivity contribution in [1.82, 2.24) is 10.2 Å². The summed E-state index contributed by atoms with van der Waals surface area (Å²) in [5.74, 6) is 1.06. The molecule has 122 valence electrons. The van der Waals surface area contributed by atoms with E-state index in [9.17, 15) is 10.2 Å². The van der Waals surface area contributed by atoms with Crippen molar-refractivity contribution < 1.29 is 19.7 Å². The molecule has 0 radical (unpaired) electrons. The Hall–Kier alpha value is -2.86. The van der Waals surface area contributed by atoms with Gasteiger partial charge in [-0.3, -0.25) is 5.10 Å². The number of fused-ring (bicyclic) bond motifs is 1. The molecule has 1 aliphatic heterocycles. The fraction of sp³-hybridized carbons (Fsp3) is 0.118. The van der Waals surface area contributed by atoms with Gasteiger partial charge < -0.3 is 19.7 Å². The molecule has 2 heterocycles. The lowest BCUT2D eigenvalue weighted by molar-refractivity contribution is 0.174. The number of H-pyrrole nitrogens is 1. The molecule has 0 saturated carbocycles. The Morgan fingerprint density at radius 3 is 2.71 bits per heavy atom. The molecule has 3 N–H and O–H groups in total. The van der Waals surface area contributed by atoms with E-state index in [4.69, 9.17) is 21.1 Å². The molecule has 2 aromatic carbocycles. The number of halogens is 1. The lowest BCUT2D eigenvalue weighted by Crippen LogP contribution is -1.92. The third-order valence-corrected chi connectivity index (χ3v) is 4.23. The van der Waals surface area contributed by atoms with Crippen molar-refractivity contribution in [3.63, 3.8) is 0 Å². The summed E-state index contributed by atoms with van der Waals surface area (Å²) in [4.78, 5) is 0. The molecule has 0 fully saturated rings. The Kier molecular flexibility index (Phi) is 3.28. The zero-order chi connectivity index (χ0) is 16.8. The second kappa shape index (κ2) is 5.35. The summed E-state index contributed by atoms with van der Waals surface area (Å²) >= 11 is 5.98. The lowest BCUT2D eigenvalue weighted by Gasteiger charge is -2.08.